The lowest BCUT2D eigenvalue weighted by Crippen LogP contribution is -1.96. The molecule has 0 aliphatic heterocycles. The van der Waals surface area contributed by atoms with Gasteiger partial charge in [-0.25, -0.2) is 9.97 Å². The molecule has 0 saturated carbocycles. The topological polar surface area (TPSA) is 51.8 Å². The van der Waals surface area contributed by atoms with E-state index in [9.17, 15) is 0 Å². The SMILES string of the molecule is Nc1nc(-c2ccc(Cl)s2)nc2cc(Cl)ccc12. The van der Waals surface area contributed by atoms with Gasteiger partial charge in [-0.1, -0.05) is 23.2 Å². The van der Waals surface area contributed by atoms with Crippen LogP contribution in [0, 0.1) is 0 Å². The van der Waals surface area contributed by atoms with E-state index in [1.807, 2.05) is 18.2 Å². The van der Waals surface area contributed by atoms with Gasteiger partial charge in [-0.05, 0) is 30.3 Å². The molecule has 2 N–H and O–H groups in total. The predicted octanol–water partition coefficient (Wildman–Crippen LogP) is 4.25. The van der Waals surface area contributed by atoms with Crippen molar-refractivity contribution >= 4 is 51.3 Å². The van der Waals surface area contributed by atoms with E-state index in [1.165, 1.54) is 11.3 Å². The van der Waals surface area contributed by atoms with Crippen LogP contribution in [0.3, 0.4) is 0 Å². The van der Waals surface area contributed by atoms with Crippen LogP contribution in [0.15, 0.2) is 30.3 Å². The van der Waals surface area contributed by atoms with Crippen LogP contribution in [-0.2, 0) is 0 Å². The van der Waals surface area contributed by atoms with Gasteiger partial charge < -0.3 is 5.73 Å². The van der Waals surface area contributed by atoms with Crippen molar-refractivity contribution in [2.24, 2.45) is 0 Å². The fourth-order valence-electron chi connectivity index (χ4n) is 1.67. The number of nitrogen functional groups attached to an aromatic ring is 1. The Kier molecular flexibility index (Phi) is 2.86. The molecule has 0 spiro atoms. The summed E-state index contributed by atoms with van der Waals surface area (Å²) in [4.78, 5) is 9.63. The third-order valence-corrected chi connectivity index (χ3v) is 3.94. The Bertz CT molecular complexity index is 739. The smallest absolute Gasteiger partial charge is 0.172 e. The van der Waals surface area contributed by atoms with E-state index in [2.05, 4.69) is 9.97 Å². The number of nitrogens with zero attached hydrogens (tertiary/aromatic N) is 2. The number of aromatic nitrogens is 2. The maximum atomic E-state index is 5.95. The molecule has 2 aromatic heterocycles. The van der Waals surface area contributed by atoms with Crippen LogP contribution in [-0.4, -0.2) is 9.97 Å². The molecule has 0 saturated heterocycles. The van der Waals surface area contributed by atoms with Crippen molar-refractivity contribution in [3.8, 4) is 10.7 Å². The summed E-state index contributed by atoms with van der Waals surface area (Å²) >= 11 is 13.3. The Hall–Kier alpha value is -1.36. The van der Waals surface area contributed by atoms with Gasteiger partial charge in [-0.15, -0.1) is 11.3 Å². The molecule has 0 atom stereocenters. The lowest BCUT2D eigenvalue weighted by molar-refractivity contribution is 1.25. The summed E-state index contributed by atoms with van der Waals surface area (Å²) in [6.45, 7) is 0. The monoisotopic (exact) mass is 295 g/mol. The number of halogens is 2. The van der Waals surface area contributed by atoms with E-state index in [0.29, 0.717) is 21.0 Å². The van der Waals surface area contributed by atoms with Crippen LogP contribution in [0.25, 0.3) is 21.6 Å². The molecule has 2 heterocycles. The second-order valence-electron chi connectivity index (χ2n) is 3.70. The van der Waals surface area contributed by atoms with Gasteiger partial charge in [0.15, 0.2) is 5.82 Å². The number of nitrogens with two attached hydrogens (primary N) is 1. The normalized spacial score (nSPS) is 11.0. The molecule has 0 aliphatic carbocycles. The van der Waals surface area contributed by atoms with Gasteiger partial charge in [0, 0.05) is 10.4 Å². The number of benzene rings is 1. The molecule has 0 bridgehead atoms. The molecule has 0 radical (unpaired) electrons. The molecule has 0 unspecified atom stereocenters. The van der Waals surface area contributed by atoms with Crippen molar-refractivity contribution in [3.63, 3.8) is 0 Å². The highest BCUT2D eigenvalue weighted by molar-refractivity contribution is 7.19. The standard InChI is InChI=1S/C12H7Cl2N3S/c13-6-1-2-7-8(5-6)16-12(17-11(7)15)9-3-4-10(14)18-9/h1-5H,(H2,15,16,17). The molecule has 3 aromatic rings. The molecular formula is C12H7Cl2N3S. The highest BCUT2D eigenvalue weighted by atomic mass is 35.5. The van der Waals surface area contributed by atoms with E-state index in [4.69, 9.17) is 28.9 Å². The lowest BCUT2D eigenvalue weighted by Gasteiger charge is -2.04. The first-order valence-electron chi connectivity index (χ1n) is 5.12. The number of hydrogen-bond acceptors (Lipinski definition) is 4. The molecule has 0 fully saturated rings. The Morgan fingerprint density at radius 3 is 2.61 bits per heavy atom. The zero-order chi connectivity index (χ0) is 12.7. The number of hydrogen-bond donors (Lipinski definition) is 1. The van der Waals surface area contributed by atoms with Crippen LogP contribution in [0.4, 0.5) is 5.82 Å². The van der Waals surface area contributed by atoms with E-state index in [1.54, 1.807) is 12.1 Å². The lowest BCUT2D eigenvalue weighted by atomic mass is 10.2. The van der Waals surface area contributed by atoms with Gasteiger partial charge in [0.2, 0.25) is 0 Å². The van der Waals surface area contributed by atoms with Crippen molar-refractivity contribution in [3.05, 3.63) is 39.7 Å². The zero-order valence-corrected chi connectivity index (χ0v) is 11.4. The number of rotatable bonds is 1. The molecule has 6 heteroatoms. The molecule has 90 valence electrons. The molecule has 3 nitrogen and oxygen atoms in total. The van der Waals surface area contributed by atoms with E-state index in [-0.39, 0.29) is 0 Å². The van der Waals surface area contributed by atoms with Crippen molar-refractivity contribution in [2.75, 3.05) is 5.73 Å². The Morgan fingerprint density at radius 1 is 1.06 bits per heavy atom. The van der Waals surface area contributed by atoms with Crippen LogP contribution in [0.1, 0.15) is 0 Å². The maximum Gasteiger partial charge on any atom is 0.172 e. The number of thiophene rings is 1. The van der Waals surface area contributed by atoms with Crippen LogP contribution < -0.4 is 5.73 Å². The highest BCUT2D eigenvalue weighted by Crippen LogP contribution is 2.31. The molecule has 0 aliphatic rings. The summed E-state index contributed by atoms with van der Waals surface area (Å²) in [5.74, 6) is 1.01. The van der Waals surface area contributed by atoms with E-state index < -0.39 is 0 Å². The largest absolute Gasteiger partial charge is 0.383 e. The summed E-state index contributed by atoms with van der Waals surface area (Å²) < 4.78 is 0.693. The highest BCUT2D eigenvalue weighted by Gasteiger charge is 2.09. The summed E-state index contributed by atoms with van der Waals surface area (Å²) in [7, 11) is 0. The second-order valence-corrected chi connectivity index (χ2v) is 5.85. The first kappa shape index (κ1) is 11.7. The van der Waals surface area contributed by atoms with Gasteiger partial charge >= 0.3 is 0 Å². The summed E-state index contributed by atoms with van der Waals surface area (Å²) in [5.41, 5.74) is 6.66. The first-order valence-corrected chi connectivity index (χ1v) is 6.69. The Morgan fingerprint density at radius 2 is 1.89 bits per heavy atom. The quantitative estimate of drug-likeness (QED) is 0.730. The molecule has 0 amide bonds. The minimum Gasteiger partial charge on any atom is -0.383 e. The average molecular weight is 296 g/mol. The van der Waals surface area contributed by atoms with Crippen molar-refractivity contribution < 1.29 is 0 Å². The molecular weight excluding hydrogens is 289 g/mol. The molecule has 1 aromatic carbocycles. The fraction of sp³-hybridized carbons (Fsp3) is 0. The summed E-state index contributed by atoms with van der Waals surface area (Å²) in [6, 6.07) is 9.04. The second kappa shape index (κ2) is 4.39. The predicted molar refractivity (Wildman–Crippen MR) is 77.3 cm³/mol. The van der Waals surface area contributed by atoms with Crippen molar-refractivity contribution in [2.45, 2.75) is 0 Å². The third kappa shape index (κ3) is 2.03. The maximum absolute atomic E-state index is 5.95. The van der Waals surface area contributed by atoms with Gasteiger partial charge in [0.05, 0.1) is 14.7 Å². The number of fused-ring (bicyclic) bond motifs is 1. The number of anilines is 1. The van der Waals surface area contributed by atoms with E-state index in [0.717, 1.165) is 15.8 Å². The summed E-state index contributed by atoms with van der Waals surface area (Å²) in [5, 5.41) is 1.42. The van der Waals surface area contributed by atoms with Gasteiger partial charge in [0.1, 0.15) is 5.82 Å². The average Bonchev–Trinajstić information content (AvgIpc) is 2.75. The van der Waals surface area contributed by atoms with Crippen LogP contribution >= 0.6 is 34.5 Å². The van der Waals surface area contributed by atoms with Crippen molar-refractivity contribution in [1.29, 1.82) is 0 Å². The molecule has 18 heavy (non-hydrogen) atoms. The van der Waals surface area contributed by atoms with Crippen molar-refractivity contribution in [1.82, 2.24) is 9.97 Å². The first-order chi connectivity index (χ1) is 8.63. The fourth-order valence-corrected chi connectivity index (χ4v) is 2.82. The van der Waals surface area contributed by atoms with Crippen LogP contribution in [0.5, 0.6) is 0 Å². The minimum absolute atomic E-state index is 0.441. The summed E-state index contributed by atoms with van der Waals surface area (Å²) in [6.07, 6.45) is 0. The molecule has 3 rings (SSSR count). The van der Waals surface area contributed by atoms with Gasteiger partial charge in [0.25, 0.3) is 0 Å². The zero-order valence-electron chi connectivity index (χ0n) is 9.02. The Balaban J connectivity index is 2.26. The van der Waals surface area contributed by atoms with Crippen LogP contribution in [0.2, 0.25) is 9.36 Å². The Labute approximate surface area is 117 Å². The third-order valence-electron chi connectivity index (χ3n) is 2.48. The van der Waals surface area contributed by atoms with E-state index >= 15 is 0 Å². The minimum atomic E-state index is 0.441. The van der Waals surface area contributed by atoms with Gasteiger partial charge in [-0.3, -0.25) is 0 Å². The van der Waals surface area contributed by atoms with Gasteiger partial charge in [-0.2, -0.15) is 0 Å².